The fourth-order valence-corrected chi connectivity index (χ4v) is 3.83. The van der Waals surface area contributed by atoms with Crippen LogP contribution in [-0.2, 0) is 14.6 Å². The van der Waals surface area contributed by atoms with Crippen molar-refractivity contribution in [3.63, 3.8) is 0 Å². The third-order valence-corrected chi connectivity index (χ3v) is 6.00. The van der Waals surface area contributed by atoms with Crippen molar-refractivity contribution in [3.8, 4) is 11.5 Å². The Morgan fingerprint density at radius 1 is 1.05 bits per heavy atom. The monoisotopic (exact) mass is 304 g/mol. The second-order valence-corrected chi connectivity index (χ2v) is 7.17. The SMILES string of the molecule is CCC1(S(=O)(=O)c2ccc(Oc3ccccc3)cc2)CO1. The first-order valence-corrected chi connectivity index (χ1v) is 8.27. The van der Waals surface area contributed by atoms with E-state index in [-0.39, 0.29) is 11.5 Å². The van der Waals surface area contributed by atoms with Gasteiger partial charge in [-0.15, -0.1) is 0 Å². The van der Waals surface area contributed by atoms with Crippen LogP contribution < -0.4 is 4.74 Å². The Bertz CT molecular complexity index is 717. The average molecular weight is 304 g/mol. The van der Waals surface area contributed by atoms with E-state index in [2.05, 4.69) is 0 Å². The maximum atomic E-state index is 12.5. The number of rotatable bonds is 5. The van der Waals surface area contributed by atoms with E-state index in [0.29, 0.717) is 17.9 Å². The number of epoxide rings is 1. The normalized spacial score (nSPS) is 21.0. The van der Waals surface area contributed by atoms with Gasteiger partial charge in [0.2, 0.25) is 9.84 Å². The van der Waals surface area contributed by atoms with E-state index in [1.807, 2.05) is 37.3 Å². The van der Waals surface area contributed by atoms with E-state index in [1.54, 1.807) is 24.3 Å². The number of hydrogen-bond donors (Lipinski definition) is 0. The molecule has 2 aromatic carbocycles. The highest BCUT2D eigenvalue weighted by Crippen LogP contribution is 2.41. The van der Waals surface area contributed by atoms with Crippen molar-refractivity contribution in [1.82, 2.24) is 0 Å². The van der Waals surface area contributed by atoms with Crippen LogP contribution in [0, 0.1) is 0 Å². The lowest BCUT2D eigenvalue weighted by Crippen LogP contribution is -2.24. The van der Waals surface area contributed by atoms with Crippen LogP contribution >= 0.6 is 0 Å². The van der Waals surface area contributed by atoms with Gasteiger partial charge in [0.05, 0.1) is 11.5 Å². The summed E-state index contributed by atoms with van der Waals surface area (Å²) in [6, 6.07) is 15.8. The lowest BCUT2D eigenvalue weighted by Gasteiger charge is -2.11. The molecule has 1 unspecified atom stereocenters. The van der Waals surface area contributed by atoms with Gasteiger partial charge in [0.15, 0.2) is 4.93 Å². The summed E-state index contributed by atoms with van der Waals surface area (Å²) in [4.78, 5) is -0.753. The topological polar surface area (TPSA) is 55.9 Å². The van der Waals surface area contributed by atoms with Crippen molar-refractivity contribution in [1.29, 1.82) is 0 Å². The molecule has 0 aromatic heterocycles. The highest BCUT2D eigenvalue weighted by Gasteiger charge is 2.55. The molecule has 0 radical (unpaired) electrons. The van der Waals surface area contributed by atoms with Crippen LogP contribution in [0.1, 0.15) is 13.3 Å². The zero-order valence-electron chi connectivity index (χ0n) is 11.7. The van der Waals surface area contributed by atoms with Crippen LogP contribution in [0.2, 0.25) is 0 Å². The molecular weight excluding hydrogens is 288 g/mol. The van der Waals surface area contributed by atoms with Crippen molar-refractivity contribution in [2.45, 2.75) is 23.2 Å². The first-order valence-electron chi connectivity index (χ1n) is 6.79. The number of ether oxygens (including phenoxy) is 2. The van der Waals surface area contributed by atoms with E-state index in [9.17, 15) is 8.42 Å². The molecular formula is C16H16O4S. The Morgan fingerprint density at radius 2 is 1.62 bits per heavy atom. The van der Waals surface area contributed by atoms with Crippen LogP contribution in [0.4, 0.5) is 0 Å². The van der Waals surface area contributed by atoms with Gasteiger partial charge in [-0.2, -0.15) is 0 Å². The van der Waals surface area contributed by atoms with Crippen LogP contribution in [-0.4, -0.2) is 20.0 Å². The van der Waals surface area contributed by atoms with Crippen molar-refractivity contribution in [3.05, 3.63) is 54.6 Å². The molecule has 110 valence electrons. The fraction of sp³-hybridized carbons (Fsp3) is 0.250. The maximum absolute atomic E-state index is 12.5. The van der Waals surface area contributed by atoms with Crippen molar-refractivity contribution >= 4 is 9.84 Å². The predicted molar refractivity (Wildman–Crippen MR) is 79.1 cm³/mol. The van der Waals surface area contributed by atoms with Gasteiger partial charge < -0.3 is 9.47 Å². The summed E-state index contributed by atoms with van der Waals surface area (Å²) in [7, 11) is -3.44. The number of para-hydroxylation sites is 1. The summed E-state index contributed by atoms with van der Waals surface area (Å²) in [6.07, 6.45) is 0.456. The second kappa shape index (κ2) is 5.16. The molecule has 21 heavy (non-hydrogen) atoms. The summed E-state index contributed by atoms with van der Waals surface area (Å²) in [5.41, 5.74) is 0. The van der Waals surface area contributed by atoms with Crippen molar-refractivity contribution < 1.29 is 17.9 Å². The maximum Gasteiger partial charge on any atom is 0.210 e. The molecule has 1 heterocycles. The molecule has 3 rings (SSSR count). The smallest absolute Gasteiger partial charge is 0.210 e. The minimum Gasteiger partial charge on any atom is -0.457 e. The quantitative estimate of drug-likeness (QED) is 0.795. The second-order valence-electron chi connectivity index (χ2n) is 4.94. The zero-order valence-corrected chi connectivity index (χ0v) is 12.5. The minimum atomic E-state index is -3.44. The Kier molecular flexibility index (Phi) is 3.47. The Hall–Kier alpha value is -1.85. The van der Waals surface area contributed by atoms with E-state index >= 15 is 0 Å². The number of sulfone groups is 1. The van der Waals surface area contributed by atoms with Crippen LogP contribution in [0.5, 0.6) is 11.5 Å². The molecule has 0 bridgehead atoms. The third kappa shape index (κ3) is 2.54. The fourth-order valence-electron chi connectivity index (χ4n) is 2.16. The van der Waals surface area contributed by atoms with Gasteiger partial charge in [0.1, 0.15) is 11.5 Å². The first kappa shape index (κ1) is 14.1. The van der Waals surface area contributed by atoms with E-state index in [4.69, 9.17) is 9.47 Å². The van der Waals surface area contributed by atoms with Gasteiger partial charge in [-0.25, -0.2) is 8.42 Å². The standard InChI is InChI=1S/C16H16O4S/c1-2-16(12-19-16)21(17,18)15-10-8-14(9-11-15)20-13-6-4-3-5-7-13/h3-11H,2,12H2,1H3. The van der Waals surface area contributed by atoms with Crippen LogP contribution in [0.15, 0.2) is 59.5 Å². The molecule has 0 saturated carbocycles. The summed E-state index contributed by atoms with van der Waals surface area (Å²) >= 11 is 0. The lowest BCUT2D eigenvalue weighted by molar-refractivity contribution is 0.361. The largest absolute Gasteiger partial charge is 0.457 e. The molecule has 1 atom stereocenters. The molecule has 5 heteroatoms. The Balaban J connectivity index is 1.82. The highest BCUT2D eigenvalue weighted by molar-refractivity contribution is 7.93. The molecule has 1 aliphatic heterocycles. The lowest BCUT2D eigenvalue weighted by atomic mass is 10.3. The zero-order chi connectivity index (χ0) is 14.9. The van der Waals surface area contributed by atoms with Crippen LogP contribution in [0.3, 0.4) is 0 Å². The summed E-state index contributed by atoms with van der Waals surface area (Å²) < 4.78 is 35.7. The van der Waals surface area contributed by atoms with Crippen molar-refractivity contribution in [2.24, 2.45) is 0 Å². The summed E-state index contributed by atoms with van der Waals surface area (Å²) in [5.74, 6) is 1.31. The van der Waals surface area contributed by atoms with E-state index < -0.39 is 14.8 Å². The molecule has 1 fully saturated rings. The molecule has 1 aliphatic rings. The minimum absolute atomic E-state index is 0.266. The molecule has 4 nitrogen and oxygen atoms in total. The van der Waals surface area contributed by atoms with Gasteiger partial charge in [-0.1, -0.05) is 25.1 Å². The average Bonchev–Trinajstić information content (AvgIpc) is 3.30. The molecule has 1 saturated heterocycles. The van der Waals surface area contributed by atoms with Crippen LogP contribution in [0.25, 0.3) is 0 Å². The van der Waals surface area contributed by atoms with Gasteiger partial charge in [-0.05, 0) is 42.8 Å². The van der Waals surface area contributed by atoms with Gasteiger partial charge in [0.25, 0.3) is 0 Å². The van der Waals surface area contributed by atoms with E-state index in [0.717, 1.165) is 0 Å². The number of hydrogen-bond acceptors (Lipinski definition) is 4. The highest BCUT2D eigenvalue weighted by atomic mass is 32.2. The van der Waals surface area contributed by atoms with Gasteiger partial charge >= 0.3 is 0 Å². The molecule has 0 spiro atoms. The molecule has 2 aromatic rings. The predicted octanol–water partition coefficient (Wildman–Crippen LogP) is 3.39. The molecule has 0 amide bonds. The number of benzene rings is 2. The van der Waals surface area contributed by atoms with Gasteiger partial charge in [-0.3, -0.25) is 0 Å². The molecule has 0 N–H and O–H groups in total. The summed E-state index contributed by atoms with van der Waals surface area (Å²) in [6.45, 7) is 2.09. The van der Waals surface area contributed by atoms with Gasteiger partial charge in [0, 0.05) is 0 Å². The molecule has 0 aliphatic carbocycles. The summed E-state index contributed by atoms with van der Waals surface area (Å²) in [5, 5.41) is 0. The first-order chi connectivity index (χ1) is 10.1. The van der Waals surface area contributed by atoms with E-state index in [1.165, 1.54) is 0 Å². The Morgan fingerprint density at radius 3 is 2.14 bits per heavy atom. The van der Waals surface area contributed by atoms with Crippen molar-refractivity contribution in [2.75, 3.05) is 6.61 Å². The Labute approximate surface area is 124 Å². The third-order valence-electron chi connectivity index (χ3n) is 3.61.